The van der Waals surface area contributed by atoms with E-state index in [1.165, 1.54) is 0 Å². The molecule has 0 spiro atoms. The van der Waals surface area contributed by atoms with Crippen molar-refractivity contribution in [3.8, 4) is 0 Å². The van der Waals surface area contributed by atoms with Gasteiger partial charge in [0.25, 0.3) is 0 Å². The van der Waals surface area contributed by atoms with Crippen molar-refractivity contribution < 1.29 is 9.53 Å². The molecule has 1 rings (SSSR count). The minimum absolute atomic E-state index is 0.140. The van der Waals surface area contributed by atoms with E-state index in [9.17, 15) is 4.79 Å². The topological polar surface area (TPSA) is 29.5 Å². The van der Waals surface area contributed by atoms with Gasteiger partial charge in [-0.3, -0.25) is 4.79 Å². The number of thiol groups is 1. The number of hydrogen-bond acceptors (Lipinski definition) is 3. The van der Waals surface area contributed by atoms with Gasteiger partial charge in [-0.2, -0.15) is 12.6 Å². The summed E-state index contributed by atoms with van der Waals surface area (Å²) < 4.78 is 5.26. The van der Waals surface area contributed by atoms with Crippen LogP contribution >= 0.6 is 12.6 Å². The molecule has 1 fully saturated rings. The van der Waals surface area contributed by atoms with E-state index in [0.29, 0.717) is 19.8 Å². The molecule has 2 atom stereocenters. The van der Waals surface area contributed by atoms with Crippen molar-refractivity contribution in [3.63, 3.8) is 0 Å². The molecule has 76 valence electrons. The normalized spacial score (nSPS) is 25.8. The first-order valence-corrected chi connectivity index (χ1v) is 5.24. The largest absolute Gasteiger partial charge is 0.377 e. The lowest BCUT2D eigenvalue weighted by Crippen LogP contribution is -2.49. The van der Waals surface area contributed by atoms with Crippen molar-refractivity contribution >= 4 is 18.5 Å². The zero-order valence-electron chi connectivity index (χ0n) is 8.19. The van der Waals surface area contributed by atoms with E-state index in [-0.39, 0.29) is 17.2 Å². The van der Waals surface area contributed by atoms with E-state index in [2.05, 4.69) is 12.6 Å². The van der Waals surface area contributed by atoms with Crippen LogP contribution in [0.1, 0.15) is 20.3 Å². The van der Waals surface area contributed by atoms with Crippen LogP contribution in [0.25, 0.3) is 0 Å². The number of carbonyl (C=O) groups excluding carboxylic acids is 1. The Morgan fingerprint density at radius 1 is 1.77 bits per heavy atom. The maximum atomic E-state index is 11.7. The van der Waals surface area contributed by atoms with E-state index in [1.807, 2.05) is 18.7 Å². The summed E-state index contributed by atoms with van der Waals surface area (Å²) in [6.07, 6.45) is 0.784. The molecule has 0 N–H and O–H groups in total. The third-order valence-corrected chi connectivity index (χ3v) is 2.91. The van der Waals surface area contributed by atoms with Gasteiger partial charge in [-0.1, -0.05) is 6.92 Å². The molecule has 1 amide bonds. The van der Waals surface area contributed by atoms with E-state index >= 15 is 0 Å². The number of morpholine rings is 1. The molecule has 0 aliphatic carbocycles. The van der Waals surface area contributed by atoms with E-state index in [1.54, 1.807) is 0 Å². The third-order valence-electron chi connectivity index (χ3n) is 2.32. The highest BCUT2D eigenvalue weighted by atomic mass is 32.1. The van der Waals surface area contributed by atoms with Gasteiger partial charge in [0.05, 0.1) is 24.5 Å². The van der Waals surface area contributed by atoms with Crippen molar-refractivity contribution in [2.24, 2.45) is 0 Å². The second kappa shape index (κ2) is 4.86. The maximum absolute atomic E-state index is 11.7. The summed E-state index contributed by atoms with van der Waals surface area (Å²) in [4.78, 5) is 13.6. The quantitative estimate of drug-likeness (QED) is 0.677. The minimum Gasteiger partial charge on any atom is -0.377 e. The molecule has 0 saturated carbocycles. The Bertz CT molecular complexity index is 186. The van der Waals surface area contributed by atoms with Gasteiger partial charge < -0.3 is 9.64 Å². The number of hydrogen-bond donors (Lipinski definition) is 1. The average molecular weight is 203 g/mol. The smallest absolute Gasteiger partial charge is 0.235 e. The van der Waals surface area contributed by atoms with Crippen LogP contribution < -0.4 is 0 Å². The Balaban J connectivity index is 2.53. The van der Waals surface area contributed by atoms with Crippen LogP contribution in [0.4, 0.5) is 0 Å². The molecule has 2 unspecified atom stereocenters. The van der Waals surface area contributed by atoms with Crippen LogP contribution in [0.3, 0.4) is 0 Å². The summed E-state index contributed by atoms with van der Waals surface area (Å²) in [5.74, 6) is 0.140. The number of ether oxygens (including phenoxy) is 1. The lowest BCUT2D eigenvalue weighted by molar-refractivity contribution is -0.138. The van der Waals surface area contributed by atoms with Gasteiger partial charge in [-0.15, -0.1) is 0 Å². The summed E-state index contributed by atoms with van der Waals surface area (Å²) in [7, 11) is 0. The van der Waals surface area contributed by atoms with Crippen molar-refractivity contribution in [2.45, 2.75) is 31.6 Å². The number of rotatable bonds is 2. The summed E-state index contributed by atoms with van der Waals surface area (Å²) in [6.45, 7) is 5.99. The van der Waals surface area contributed by atoms with E-state index < -0.39 is 0 Å². The predicted octanol–water partition coefficient (Wildman–Crippen LogP) is 0.942. The summed E-state index contributed by atoms with van der Waals surface area (Å²) in [5, 5.41) is -0.152. The van der Waals surface area contributed by atoms with Gasteiger partial charge in [0, 0.05) is 6.54 Å². The summed E-state index contributed by atoms with van der Waals surface area (Å²) in [6, 6.07) is 0.197. The molecule has 1 aliphatic rings. The lowest BCUT2D eigenvalue weighted by atomic mass is 10.2. The first-order valence-electron chi connectivity index (χ1n) is 4.73. The number of nitrogens with zero attached hydrogens (tertiary/aromatic N) is 1. The summed E-state index contributed by atoms with van der Waals surface area (Å²) >= 11 is 4.24. The average Bonchev–Trinajstić information content (AvgIpc) is 2.16. The highest BCUT2D eigenvalue weighted by molar-refractivity contribution is 7.81. The van der Waals surface area contributed by atoms with Gasteiger partial charge in [-0.05, 0) is 13.3 Å². The standard InChI is InChI=1S/C9H17NO2S/c1-3-8(13)9(11)10-4-5-12-6-7(10)2/h7-8,13H,3-6H2,1-2H3. The second-order valence-electron chi connectivity index (χ2n) is 3.38. The van der Waals surface area contributed by atoms with Crippen molar-refractivity contribution in [2.75, 3.05) is 19.8 Å². The van der Waals surface area contributed by atoms with Crippen molar-refractivity contribution in [3.05, 3.63) is 0 Å². The second-order valence-corrected chi connectivity index (χ2v) is 4.00. The first-order chi connectivity index (χ1) is 6.16. The zero-order valence-corrected chi connectivity index (χ0v) is 9.09. The fourth-order valence-corrected chi connectivity index (χ4v) is 1.57. The van der Waals surface area contributed by atoms with Gasteiger partial charge in [0.15, 0.2) is 0 Å². The highest BCUT2D eigenvalue weighted by Crippen LogP contribution is 2.12. The SMILES string of the molecule is CCC(S)C(=O)N1CCOCC1C. The van der Waals surface area contributed by atoms with Crippen LogP contribution in [0, 0.1) is 0 Å². The van der Waals surface area contributed by atoms with Crippen LogP contribution in [-0.4, -0.2) is 41.9 Å². The molecular weight excluding hydrogens is 186 g/mol. The molecule has 1 aliphatic heterocycles. The zero-order chi connectivity index (χ0) is 9.84. The fraction of sp³-hybridized carbons (Fsp3) is 0.889. The Labute approximate surface area is 84.8 Å². The molecule has 1 heterocycles. The maximum Gasteiger partial charge on any atom is 0.235 e. The lowest BCUT2D eigenvalue weighted by Gasteiger charge is -2.34. The Morgan fingerprint density at radius 3 is 3.00 bits per heavy atom. The third kappa shape index (κ3) is 2.61. The van der Waals surface area contributed by atoms with Crippen LogP contribution in [-0.2, 0) is 9.53 Å². The van der Waals surface area contributed by atoms with Gasteiger partial charge in [0.1, 0.15) is 0 Å². The first kappa shape index (κ1) is 10.9. The molecule has 3 nitrogen and oxygen atoms in total. The molecule has 1 saturated heterocycles. The molecule has 4 heteroatoms. The van der Waals surface area contributed by atoms with Crippen LogP contribution in [0.5, 0.6) is 0 Å². The Kier molecular flexibility index (Phi) is 4.06. The summed E-state index contributed by atoms with van der Waals surface area (Å²) in [5.41, 5.74) is 0. The van der Waals surface area contributed by atoms with E-state index in [4.69, 9.17) is 4.74 Å². The van der Waals surface area contributed by atoms with Crippen molar-refractivity contribution in [1.82, 2.24) is 4.90 Å². The number of amides is 1. The van der Waals surface area contributed by atoms with Gasteiger partial charge >= 0.3 is 0 Å². The molecule has 0 aromatic carbocycles. The van der Waals surface area contributed by atoms with E-state index in [0.717, 1.165) is 6.42 Å². The highest BCUT2D eigenvalue weighted by Gasteiger charge is 2.26. The molecule has 0 radical (unpaired) electrons. The fourth-order valence-electron chi connectivity index (χ4n) is 1.42. The molecule has 0 aromatic heterocycles. The molecule has 0 aromatic rings. The van der Waals surface area contributed by atoms with Crippen LogP contribution in [0.15, 0.2) is 0 Å². The predicted molar refractivity (Wildman–Crippen MR) is 55.1 cm³/mol. The van der Waals surface area contributed by atoms with Crippen LogP contribution in [0.2, 0.25) is 0 Å². The Hall–Kier alpha value is -0.220. The van der Waals surface area contributed by atoms with Gasteiger partial charge in [-0.25, -0.2) is 0 Å². The molecule has 13 heavy (non-hydrogen) atoms. The van der Waals surface area contributed by atoms with Crippen molar-refractivity contribution in [1.29, 1.82) is 0 Å². The van der Waals surface area contributed by atoms with Gasteiger partial charge in [0.2, 0.25) is 5.91 Å². The monoisotopic (exact) mass is 203 g/mol. The minimum atomic E-state index is -0.152. The number of carbonyl (C=O) groups is 1. The Morgan fingerprint density at radius 2 is 2.46 bits per heavy atom. The molecule has 0 bridgehead atoms. The molecular formula is C9H17NO2S.